The first-order valence-corrected chi connectivity index (χ1v) is 9.74. The molecule has 2 aromatic heterocycles. The highest BCUT2D eigenvalue weighted by molar-refractivity contribution is 5.75. The van der Waals surface area contributed by atoms with Crippen molar-refractivity contribution in [3.05, 3.63) is 41.7 Å². The van der Waals surface area contributed by atoms with Gasteiger partial charge in [-0.3, -0.25) is 0 Å². The largest absolute Gasteiger partial charge is 0.324 e. The van der Waals surface area contributed by atoms with Gasteiger partial charge in [-0.1, -0.05) is 6.07 Å². The molecule has 0 aliphatic carbocycles. The van der Waals surface area contributed by atoms with E-state index in [0.29, 0.717) is 12.0 Å². The third kappa shape index (κ3) is 3.28. The van der Waals surface area contributed by atoms with Crippen molar-refractivity contribution in [2.75, 3.05) is 32.0 Å². The maximum absolute atomic E-state index is 4.77. The van der Waals surface area contributed by atoms with Crippen molar-refractivity contribution in [3.8, 4) is 0 Å². The van der Waals surface area contributed by atoms with Crippen LogP contribution in [0.2, 0.25) is 0 Å². The molecule has 1 unspecified atom stereocenters. The van der Waals surface area contributed by atoms with Crippen LogP contribution in [-0.4, -0.2) is 51.3 Å². The van der Waals surface area contributed by atoms with E-state index in [1.807, 2.05) is 12.4 Å². The Kier molecular flexibility index (Phi) is 4.26. The van der Waals surface area contributed by atoms with Gasteiger partial charge in [-0.25, -0.2) is 9.67 Å². The molecule has 2 N–H and O–H groups in total. The first-order chi connectivity index (χ1) is 13.3. The summed E-state index contributed by atoms with van der Waals surface area (Å²) < 4.78 is 2.05. The maximum Gasteiger partial charge on any atom is 0.229 e. The van der Waals surface area contributed by atoms with E-state index < -0.39 is 0 Å². The van der Waals surface area contributed by atoms with Crippen LogP contribution >= 0.6 is 0 Å². The molecule has 3 aromatic rings. The molecule has 7 nitrogen and oxygen atoms in total. The van der Waals surface area contributed by atoms with Crippen molar-refractivity contribution in [1.82, 2.24) is 30.0 Å². The van der Waals surface area contributed by atoms with E-state index >= 15 is 0 Å². The van der Waals surface area contributed by atoms with E-state index in [4.69, 9.17) is 4.98 Å². The monoisotopic (exact) mass is 363 g/mol. The van der Waals surface area contributed by atoms with Crippen LogP contribution in [0.25, 0.3) is 11.0 Å². The van der Waals surface area contributed by atoms with E-state index in [-0.39, 0.29) is 0 Å². The lowest BCUT2D eigenvalue weighted by Crippen LogP contribution is -2.32. The van der Waals surface area contributed by atoms with Gasteiger partial charge in [-0.05, 0) is 56.1 Å². The van der Waals surface area contributed by atoms with Gasteiger partial charge < -0.3 is 15.5 Å². The third-order valence-electron chi connectivity index (χ3n) is 5.62. The van der Waals surface area contributed by atoms with Crippen LogP contribution < -0.4 is 10.6 Å². The summed E-state index contributed by atoms with van der Waals surface area (Å²) in [6.45, 7) is 4.15. The lowest BCUT2D eigenvalue weighted by atomic mass is 9.99. The van der Waals surface area contributed by atoms with Crippen LogP contribution in [0.1, 0.15) is 30.0 Å². The highest BCUT2D eigenvalue weighted by Gasteiger charge is 2.19. The first kappa shape index (κ1) is 16.6. The normalized spacial score (nSPS) is 20.6. The van der Waals surface area contributed by atoms with Crippen molar-refractivity contribution in [1.29, 1.82) is 0 Å². The summed E-state index contributed by atoms with van der Waals surface area (Å²) >= 11 is 0. The minimum Gasteiger partial charge on any atom is -0.324 e. The summed E-state index contributed by atoms with van der Waals surface area (Å²) in [4.78, 5) is 11.6. The second-order valence-corrected chi connectivity index (χ2v) is 7.66. The molecular formula is C20H25N7. The molecule has 0 spiro atoms. The number of anilines is 2. The Morgan fingerprint density at radius 2 is 2.19 bits per heavy atom. The molecule has 0 bridgehead atoms. The molecule has 0 radical (unpaired) electrons. The number of piperidine rings is 1. The van der Waals surface area contributed by atoms with E-state index in [0.717, 1.165) is 55.7 Å². The molecule has 2 aliphatic rings. The summed E-state index contributed by atoms with van der Waals surface area (Å²) in [5, 5.41) is 12.4. The van der Waals surface area contributed by atoms with Gasteiger partial charge in [0.05, 0.1) is 17.6 Å². The predicted molar refractivity (Wildman–Crippen MR) is 106 cm³/mol. The zero-order valence-electron chi connectivity index (χ0n) is 15.6. The Balaban J connectivity index is 1.43. The smallest absolute Gasteiger partial charge is 0.229 e. The second-order valence-electron chi connectivity index (χ2n) is 7.66. The summed E-state index contributed by atoms with van der Waals surface area (Å²) in [6, 6.07) is 6.93. The highest BCUT2D eigenvalue weighted by atomic mass is 15.3. The standard InChI is InChI=1S/C20H25N7/c1-26-8-6-14-4-5-17(9-15(14)13-26)24-20-22-10-16-11-23-27(19(16)25-20)18-3-2-7-21-12-18/h4-5,9-11,18,21H,2-3,6-8,12-13H2,1H3,(H,22,24,25). The molecule has 2 aliphatic heterocycles. The lowest BCUT2D eigenvalue weighted by molar-refractivity contribution is 0.313. The van der Waals surface area contributed by atoms with Crippen LogP contribution in [0.5, 0.6) is 0 Å². The Hall–Kier alpha value is -2.51. The highest BCUT2D eigenvalue weighted by Crippen LogP contribution is 2.25. The fourth-order valence-corrected chi connectivity index (χ4v) is 4.11. The van der Waals surface area contributed by atoms with Crippen molar-refractivity contribution in [2.45, 2.75) is 31.8 Å². The molecule has 0 amide bonds. The Labute approximate surface area is 158 Å². The van der Waals surface area contributed by atoms with Gasteiger partial charge in [0.15, 0.2) is 5.65 Å². The molecule has 4 heterocycles. The van der Waals surface area contributed by atoms with Crippen LogP contribution in [0.3, 0.4) is 0 Å². The van der Waals surface area contributed by atoms with Crippen molar-refractivity contribution < 1.29 is 0 Å². The quantitative estimate of drug-likeness (QED) is 0.745. The molecule has 1 fully saturated rings. The van der Waals surface area contributed by atoms with Gasteiger partial charge in [0.25, 0.3) is 0 Å². The van der Waals surface area contributed by atoms with Gasteiger partial charge >= 0.3 is 0 Å². The number of fused-ring (bicyclic) bond motifs is 2. The van der Waals surface area contributed by atoms with Gasteiger partial charge in [0, 0.05) is 31.5 Å². The minimum atomic E-state index is 0.360. The number of hydrogen-bond donors (Lipinski definition) is 2. The predicted octanol–water partition coefficient (Wildman–Crippen LogP) is 2.48. The summed E-state index contributed by atoms with van der Waals surface area (Å²) in [5.41, 5.74) is 4.76. The summed E-state index contributed by atoms with van der Waals surface area (Å²) in [6.07, 6.45) is 7.14. The number of rotatable bonds is 3. The van der Waals surface area contributed by atoms with Gasteiger partial charge in [0.2, 0.25) is 5.95 Å². The Morgan fingerprint density at radius 1 is 1.22 bits per heavy atom. The van der Waals surface area contributed by atoms with Crippen molar-refractivity contribution >= 4 is 22.7 Å². The maximum atomic E-state index is 4.77. The summed E-state index contributed by atoms with van der Waals surface area (Å²) in [5.74, 6) is 0.622. The van der Waals surface area contributed by atoms with E-state index in [1.165, 1.54) is 17.5 Å². The van der Waals surface area contributed by atoms with E-state index in [9.17, 15) is 0 Å². The number of nitrogens with one attached hydrogen (secondary N) is 2. The number of likely N-dealkylation sites (N-methyl/N-ethyl adjacent to an activating group) is 1. The van der Waals surface area contributed by atoms with Gasteiger partial charge in [0.1, 0.15) is 0 Å². The molecule has 1 saturated heterocycles. The zero-order valence-corrected chi connectivity index (χ0v) is 15.6. The molecule has 7 heteroatoms. The van der Waals surface area contributed by atoms with Crippen molar-refractivity contribution in [2.24, 2.45) is 0 Å². The summed E-state index contributed by atoms with van der Waals surface area (Å²) in [7, 11) is 2.17. The number of nitrogens with zero attached hydrogens (tertiary/aromatic N) is 5. The van der Waals surface area contributed by atoms with Crippen LogP contribution in [0.15, 0.2) is 30.6 Å². The average molecular weight is 363 g/mol. The Morgan fingerprint density at radius 3 is 3.07 bits per heavy atom. The molecular weight excluding hydrogens is 338 g/mol. The minimum absolute atomic E-state index is 0.360. The van der Waals surface area contributed by atoms with Gasteiger partial charge in [-0.15, -0.1) is 0 Å². The molecule has 5 rings (SSSR count). The second kappa shape index (κ2) is 6.90. The molecule has 1 aromatic carbocycles. The molecule has 0 saturated carbocycles. The Bertz CT molecular complexity index is 958. The van der Waals surface area contributed by atoms with Crippen LogP contribution in [0, 0.1) is 0 Å². The lowest BCUT2D eigenvalue weighted by Gasteiger charge is -2.25. The average Bonchev–Trinajstić information content (AvgIpc) is 3.11. The van der Waals surface area contributed by atoms with E-state index in [2.05, 4.69) is 55.5 Å². The molecule has 27 heavy (non-hydrogen) atoms. The molecule has 1 atom stereocenters. The zero-order chi connectivity index (χ0) is 18.2. The number of aromatic nitrogens is 4. The van der Waals surface area contributed by atoms with Crippen molar-refractivity contribution in [3.63, 3.8) is 0 Å². The third-order valence-corrected chi connectivity index (χ3v) is 5.62. The van der Waals surface area contributed by atoms with E-state index in [1.54, 1.807) is 0 Å². The topological polar surface area (TPSA) is 70.9 Å². The molecule has 140 valence electrons. The van der Waals surface area contributed by atoms with Crippen LogP contribution in [0.4, 0.5) is 11.6 Å². The van der Waals surface area contributed by atoms with Gasteiger partial charge in [-0.2, -0.15) is 10.1 Å². The van der Waals surface area contributed by atoms with Crippen LogP contribution in [-0.2, 0) is 13.0 Å². The first-order valence-electron chi connectivity index (χ1n) is 9.74. The number of benzene rings is 1. The number of hydrogen-bond acceptors (Lipinski definition) is 6. The fourth-order valence-electron chi connectivity index (χ4n) is 4.11. The SMILES string of the molecule is CN1CCc2ccc(Nc3ncc4cnn(C5CCCNC5)c4n3)cc2C1. The fraction of sp³-hybridized carbons (Fsp3) is 0.450.